The van der Waals surface area contributed by atoms with Crippen LogP contribution in [-0.4, -0.2) is 15.2 Å². The van der Waals surface area contributed by atoms with Crippen molar-refractivity contribution in [1.82, 2.24) is 15.2 Å². The number of H-pyrrole nitrogens is 1. The first-order valence-electron chi connectivity index (χ1n) is 9.41. The third kappa shape index (κ3) is 3.53. The summed E-state index contributed by atoms with van der Waals surface area (Å²) in [6.07, 6.45) is 0. The Bertz CT molecular complexity index is 1330. The molecule has 0 unspecified atom stereocenters. The van der Waals surface area contributed by atoms with Crippen molar-refractivity contribution in [1.29, 1.82) is 0 Å². The van der Waals surface area contributed by atoms with Gasteiger partial charge in [-0.3, -0.25) is 5.10 Å². The number of anilines is 1. The van der Waals surface area contributed by atoms with Crippen molar-refractivity contribution < 1.29 is 4.74 Å². The molecule has 0 saturated heterocycles. The van der Waals surface area contributed by atoms with E-state index in [2.05, 4.69) is 26.1 Å². The highest BCUT2D eigenvalue weighted by atomic mass is 79.9. The van der Waals surface area contributed by atoms with Crippen molar-refractivity contribution in [2.75, 3.05) is 5.73 Å². The molecule has 0 amide bonds. The average molecular weight is 457 g/mol. The van der Waals surface area contributed by atoms with Crippen LogP contribution in [0.1, 0.15) is 0 Å². The first-order valence-corrected chi connectivity index (χ1v) is 10.2. The van der Waals surface area contributed by atoms with E-state index in [-0.39, 0.29) is 0 Å². The lowest BCUT2D eigenvalue weighted by atomic mass is 10.00. The maximum atomic E-state index is 6.14. The van der Waals surface area contributed by atoms with Gasteiger partial charge in [0, 0.05) is 10.0 Å². The molecule has 0 aliphatic heterocycles. The van der Waals surface area contributed by atoms with Crippen LogP contribution in [0.5, 0.6) is 11.5 Å². The molecule has 5 rings (SSSR count). The number of rotatable bonds is 4. The van der Waals surface area contributed by atoms with Gasteiger partial charge in [-0.05, 0) is 53.6 Å². The van der Waals surface area contributed by atoms with Crippen LogP contribution in [0, 0.1) is 0 Å². The van der Waals surface area contributed by atoms with E-state index in [9.17, 15) is 0 Å². The quantitative estimate of drug-likeness (QED) is 0.326. The number of ether oxygens (including phenoxy) is 1. The monoisotopic (exact) mass is 456 g/mol. The topological polar surface area (TPSA) is 76.8 Å². The van der Waals surface area contributed by atoms with E-state index in [1.54, 1.807) is 0 Å². The summed E-state index contributed by atoms with van der Waals surface area (Å²) in [6, 6.07) is 27.7. The van der Waals surface area contributed by atoms with Gasteiger partial charge in [0.1, 0.15) is 11.5 Å². The molecule has 3 aromatic carbocycles. The summed E-state index contributed by atoms with van der Waals surface area (Å²) < 4.78 is 6.91. The number of nitrogens with zero attached hydrogens (tertiary/aromatic N) is 2. The van der Waals surface area contributed by atoms with Crippen molar-refractivity contribution >= 4 is 32.8 Å². The van der Waals surface area contributed by atoms with Crippen molar-refractivity contribution in [2.24, 2.45) is 0 Å². The number of hydrogen-bond acceptors (Lipinski definition) is 4. The second-order valence-electron chi connectivity index (χ2n) is 6.84. The summed E-state index contributed by atoms with van der Waals surface area (Å²) in [4.78, 5) is 4.72. The summed E-state index contributed by atoms with van der Waals surface area (Å²) in [6.45, 7) is 0. The average Bonchev–Trinajstić information content (AvgIpc) is 3.15. The number of nitrogens with one attached hydrogen (secondary N) is 1. The van der Waals surface area contributed by atoms with Crippen LogP contribution in [0.4, 0.5) is 5.82 Å². The van der Waals surface area contributed by atoms with Crippen molar-refractivity contribution in [3.8, 4) is 33.9 Å². The molecule has 5 aromatic rings. The summed E-state index contributed by atoms with van der Waals surface area (Å²) in [7, 11) is 0. The third-order valence-corrected chi connectivity index (χ3v) is 5.32. The summed E-state index contributed by atoms with van der Waals surface area (Å²) in [5.74, 6) is 1.99. The maximum Gasteiger partial charge on any atom is 0.158 e. The van der Waals surface area contributed by atoms with Gasteiger partial charge >= 0.3 is 0 Å². The molecule has 0 bridgehead atoms. The highest BCUT2D eigenvalue weighted by Gasteiger charge is 2.15. The molecule has 3 N–H and O–H groups in total. The minimum Gasteiger partial charge on any atom is -0.457 e. The number of aromatic amines is 1. The standard InChI is InChI=1S/C24H17BrN4O/c25-17-6-4-5-16(13-17)21-14-20(22-23(26)28-29-24(22)27-21)15-9-11-19(12-10-15)30-18-7-2-1-3-8-18/h1-14H,(H3,26,27,28,29). The molecule has 5 nitrogen and oxygen atoms in total. The Labute approximate surface area is 181 Å². The highest BCUT2D eigenvalue weighted by Crippen LogP contribution is 2.35. The van der Waals surface area contributed by atoms with Crippen LogP contribution in [0.25, 0.3) is 33.4 Å². The summed E-state index contributed by atoms with van der Waals surface area (Å²) >= 11 is 3.53. The second-order valence-corrected chi connectivity index (χ2v) is 7.75. The Hall–Kier alpha value is -3.64. The fourth-order valence-electron chi connectivity index (χ4n) is 3.40. The van der Waals surface area contributed by atoms with E-state index in [0.717, 1.165) is 43.7 Å². The zero-order valence-electron chi connectivity index (χ0n) is 15.8. The van der Waals surface area contributed by atoms with Gasteiger partial charge in [0.15, 0.2) is 11.5 Å². The number of nitrogens with two attached hydrogens (primary N) is 1. The van der Waals surface area contributed by atoms with Crippen molar-refractivity contribution in [3.63, 3.8) is 0 Å². The third-order valence-electron chi connectivity index (χ3n) is 4.82. The number of benzene rings is 3. The summed E-state index contributed by atoms with van der Waals surface area (Å²) in [5, 5.41) is 7.92. The van der Waals surface area contributed by atoms with Crippen LogP contribution in [0.15, 0.2) is 89.4 Å². The van der Waals surface area contributed by atoms with Gasteiger partial charge in [-0.15, -0.1) is 0 Å². The van der Waals surface area contributed by atoms with Gasteiger partial charge in [-0.25, -0.2) is 4.98 Å². The van der Waals surface area contributed by atoms with Gasteiger partial charge in [0.05, 0.1) is 11.1 Å². The number of fused-ring (bicyclic) bond motifs is 1. The number of aromatic nitrogens is 3. The lowest BCUT2D eigenvalue weighted by Crippen LogP contribution is -1.91. The van der Waals surface area contributed by atoms with E-state index in [1.165, 1.54) is 0 Å². The van der Waals surface area contributed by atoms with Crippen LogP contribution in [-0.2, 0) is 0 Å². The first-order chi connectivity index (χ1) is 14.7. The molecule has 2 heterocycles. The zero-order chi connectivity index (χ0) is 20.5. The first kappa shape index (κ1) is 18.4. The van der Waals surface area contributed by atoms with Crippen LogP contribution < -0.4 is 10.5 Å². The van der Waals surface area contributed by atoms with Gasteiger partial charge in [-0.1, -0.05) is 58.4 Å². The van der Waals surface area contributed by atoms with Crippen LogP contribution >= 0.6 is 15.9 Å². The molecule has 30 heavy (non-hydrogen) atoms. The predicted octanol–water partition coefficient (Wildman–Crippen LogP) is 6.43. The minimum atomic E-state index is 0.429. The van der Waals surface area contributed by atoms with Crippen molar-refractivity contribution in [2.45, 2.75) is 0 Å². The van der Waals surface area contributed by atoms with Gasteiger partial charge < -0.3 is 10.5 Å². The molecule has 6 heteroatoms. The Kier molecular flexibility index (Phi) is 4.69. The summed E-state index contributed by atoms with van der Waals surface area (Å²) in [5.41, 5.74) is 10.6. The number of halogens is 1. The zero-order valence-corrected chi connectivity index (χ0v) is 17.4. The lowest BCUT2D eigenvalue weighted by molar-refractivity contribution is 0.483. The van der Waals surface area contributed by atoms with E-state index < -0.39 is 0 Å². The molecular weight excluding hydrogens is 440 g/mol. The van der Waals surface area contributed by atoms with Gasteiger partial charge in [0.2, 0.25) is 0 Å². The highest BCUT2D eigenvalue weighted by molar-refractivity contribution is 9.10. The number of pyridine rings is 1. The molecule has 0 fully saturated rings. The largest absolute Gasteiger partial charge is 0.457 e. The van der Waals surface area contributed by atoms with Crippen molar-refractivity contribution in [3.05, 3.63) is 89.4 Å². The smallest absolute Gasteiger partial charge is 0.158 e. The van der Waals surface area contributed by atoms with E-state index in [1.807, 2.05) is 84.9 Å². The Balaban J connectivity index is 1.58. The van der Waals surface area contributed by atoms with Gasteiger partial charge in [0.25, 0.3) is 0 Å². The fraction of sp³-hybridized carbons (Fsp3) is 0. The van der Waals surface area contributed by atoms with E-state index in [4.69, 9.17) is 15.5 Å². The van der Waals surface area contributed by atoms with Crippen LogP contribution in [0.3, 0.4) is 0 Å². The predicted molar refractivity (Wildman–Crippen MR) is 123 cm³/mol. The molecule has 146 valence electrons. The Morgan fingerprint density at radius 3 is 2.33 bits per heavy atom. The van der Waals surface area contributed by atoms with Gasteiger partial charge in [-0.2, -0.15) is 5.10 Å². The van der Waals surface area contributed by atoms with E-state index >= 15 is 0 Å². The van der Waals surface area contributed by atoms with Crippen LogP contribution in [0.2, 0.25) is 0 Å². The lowest BCUT2D eigenvalue weighted by Gasteiger charge is -2.10. The molecule has 0 aliphatic carbocycles. The molecule has 0 aliphatic rings. The SMILES string of the molecule is Nc1n[nH]c2nc(-c3cccc(Br)c3)cc(-c3ccc(Oc4ccccc4)cc3)c12. The number of hydrogen-bond donors (Lipinski definition) is 2. The Morgan fingerprint density at radius 1 is 0.800 bits per heavy atom. The molecule has 0 saturated carbocycles. The van der Waals surface area contributed by atoms with E-state index in [0.29, 0.717) is 11.5 Å². The maximum absolute atomic E-state index is 6.14. The number of para-hydroxylation sites is 1. The molecule has 0 atom stereocenters. The minimum absolute atomic E-state index is 0.429. The molecule has 0 radical (unpaired) electrons. The normalized spacial score (nSPS) is 11.0. The molecule has 2 aromatic heterocycles. The molecule has 0 spiro atoms. The Morgan fingerprint density at radius 2 is 1.57 bits per heavy atom. The number of nitrogen functional groups attached to an aromatic ring is 1. The molecular formula is C24H17BrN4O. The second kappa shape index (κ2) is 7.65. The fourth-order valence-corrected chi connectivity index (χ4v) is 3.80.